The van der Waals surface area contributed by atoms with E-state index < -0.39 is 26.8 Å². The minimum atomic E-state index is -1.00. The zero-order valence-corrected chi connectivity index (χ0v) is 32.0. The molecule has 51 heavy (non-hydrogen) atoms. The molecule has 0 spiro atoms. The van der Waals surface area contributed by atoms with E-state index in [1.54, 1.807) is 0 Å². The second kappa shape index (κ2) is 10.6. The number of nitrogens with zero attached hydrogens (tertiary/aromatic N) is 4. The Morgan fingerprint density at radius 2 is 0.667 bits per heavy atom. The summed E-state index contributed by atoms with van der Waals surface area (Å²) in [6.45, 7) is 22.7. The standard InChI is InChI=1S/C40H46B4N4O3/c1-37(2,3)21-13-25-33-27(15-21)43(47-31-19-23(39(7,8)9)17-29(35(31)33)45-41(25)49)51-44-28-16-22(38(4,5)6)14-26-34(28)36-30(46-42(26)50)18-24(40(10,11)12)20-32(36)48-44/h13-20,49-50H,1-12H3/q-4. The van der Waals surface area contributed by atoms with E-state index in [1.807, 2.05) is 0 Å². The summed E-state index contributed by atoms with van der Waals surface area (Å²) in [4.78, 5) is 20.4. The van der Waals surface area contributed by atoms with Crippen molar-refractivity contribution in [3.63, 3.8) is 0 Å². The molecule has 4 heterocycles. The van der Waals surface area contributed by atoms with E-state index in [0.29, 0.717) is 0 Å². The second-order valence-corrected chi connectivity index (χ2v) is 18.9. The van der Waals surface area contributed by atoms with Gasteiger partial charge in [-0.1, -0.05) is 118 Å². The third-order valence-electron chi connectivity index (χ3n) is 10.9. The summed E-state index contributed by atoms with van der Waals surface area (Å²) in [6, 6.07) is 17.1. The highest BCUT2D eigenvalue weighted by atomic mass is 16.4. The molecule has 0 aliphatic heterocycles. The molecule has 8 aromatic rings. The maximum Gasteiger partial charge on any atom is 0.177 e. The van der Waals surface area contributed by atoms with Crippen LogP contribution in [-0.2, 0) is 21.7 Å². The van der Waals surface area contributed by atoms with Gasteiger partial charge >= 0.3 is 0 Å². The Morgan fingerprint density at radius 3 is 0.980 bits per heavy atom. The third kappa shape index (κ3) is 5.36. The molecule has 0 radical (unpaired) electrons. The zero-order chi connectivity index (χ0) is 36.7. The summed E-state index contributed by atoms with van der Waals surface area (Å²) in [7, 11) is 0. The van der Waals surface area contributed by atoms with E-state index in [4.69, 9.17) is 24.1 Å². The Hall–Kier alpha value is -4.26. The number of hydrogen-bond acceptors (Lipinski definition) is 7. The lowest BCUT2D eigenvalue weighted by Gasteiger charge is -2.38. The van der Waals surface area contributed by atoms with Gasteiger partial charge in [0.05, 0.1) is 0 Å². The van der Waals surface area contributed by atoms with Crippen LogP contribution < -0.4 is 4.57 Å². The van der Waals surface area contributed by atoms with Crippen LogP contribution in [0.1, 0.15) is 105 Å². The first-order valence-electron chi connectivity index (χ1n) is 18.2. The van der Waals surface area contributed by atoms with Crippen molar-refractivity contribution in [2.75, 3.05) is 0 Å². The summed E-state index contributed by atoms with van der Waals surface area (Å²) in [5, 5.41) is 30.3. The van der Waals surface area contributed by atoms with E-state index >= 15 is 0 Å². The van der Waals surface area contributed by atoms with Crippen LogP contribution in [0.2, 0.25) is 0 Å². The second-order valence-electron chi connectivity index (χ2n) is 18.9. The zero-order valence-electron chi connectivity index (χ0n) is 32.0. The maximum atomic E-state index is 11.6. The fourth-order valence-corrected chi connectivity index (χ4v) is 7.75. The Kier molecular flexibility index (Phi) is 7.07. The molecule has 4 aromatic heterocycles. The van der Waals surface area contributed by atoms with Crippen molar-refractivity contribution in [1.29, 1.82) is 0 Å². The normalized spacial score (nSPS) is 13.6. The molecule has 0 saturated heterocycles. The van der Waals surface area contributed by atoms with E-state index in [0.717, 1.165) is 87.0 Å². The van der Waals surface area contributed by atoms with Gasteiger partial charge in [-0.25, -0.2) is 0 Å². The van der Waals surface area contributed by atoms with Crippen LogP contribution in [0.5, 0.6) is 0 Å². The van der Waals surface area contributed by atoms with Gasteiger partial charge in [0.25, 0.3) is 0 Å². The molecule has 0 bridgehead atoms. The lowest BCUT2D eigenvalue weighted by atomic mass is 9.70. The summed E-state index contributed by atoms with van der Waals surface area (Å²) in [5.74, 6) is 0. The predicted molar refractivity (Wildman–Crippen MR) is 217 cm³/mol. The fraction of sp³-hybridized carbons (Fsp3) is 0.400. The van der Waals surface area contributed by atoms with E-state index in [2.05, 4.69) is 132 Å². The highest BCUT2D eigenvalue weighted by molar-refractivity contribution is 6.73. The van der Waals surface area contributed by atoms with Crippen molar-refractivity contribution in [3.8, 4) is 0 Å². The Bertz CT molecular complexity index is 2550. The molecule has 8 rings (SSSR count). The van der Waals surface area contributed by atoms with Gasteiger partial charge in [0.15, 0.2) is 13.4 Å². The number of rotatable bonds is 2. The van der Waals surface area contributed by atoms with Crippen molar-refractivity contribution in [2.24, 2.45) is 0 Å². The van der Waals surface area contributed by atoms with Gasteiger partial charge in [0, 0.05) is 32.8 Å². The topological polar surface area (TPSA) is 101 Å². The van der Waals surface area contributed by atoms with E-state index in [-0.39, 0.29) is 21.7 Å². The third-order valence-corrected chi connectivity index (χ3v) is 10.9. The Labute approximate surface area is 300 Å². The molecule has 11 heteroatoms. The monoisotopic (exact) mass is 674 g/mol. The van der Waals surface area contributed by atoms with Crippen LogP contribution in [0.15, 0.2) is 48.5 Å². The molecule has 0 amide bonds. The number of benzene rings is 4. The minimum Gasteiger partial charge on any atom is -0.959 e. The molecule has 0 aliphatic carbocycles. The minimum absolute atomic E-state index is 0.155. The van der Waals surface area contributed by atoms with Gasteiger partial charge in [0.2, 0.25) is 0 Å². The summed E-state index contributed by atoms with van der Waals surface area (Å²) < 4.78 is 7.24. The SMILES string of the molecule is CC(C)(C)c1cc2n[b-](O)c3cc(C(C)(C)C)cc4[b-](O[b-]5nc6cc(C(C)(C)C)cc7n[b-](O)c8cc(C(C)(C)C)cc5c8c76)nc(c1)c2c34. The van der Waals surface area contributed by atoms with Crippen molar-refractivity contribution in [3.05, 3.63) is 70.8 Å². The van der Waals surface area contributed by atoms with Crippen LogP contribution >= 0.6 is 0 Å². The van der Waals surface area contributed by atoms with Crippen LogP contribution in [0.3, 0.4) is 0 Å². The van der Waals surface area contributed by atoms with Gasteiger partial charge in [-0.2, -0.15) is 21.1 Å². The molecule has 0 atom stereocenters. The first-order valence-corrected chi connectivity index (χ1v) is 18.2. The summed E-state index contributed by atoms with van der Waals surface area (Å²) in [6.07, 6.45) is 0. The quantitative estimate of drug-likeness (QED) is 0.181. The van der Waals surface area contributed by atoms with Gasteiger partial charge in [-0.15, -0.1) is 0 Å². The van der Waals surface area contributed by atoms with Crippen molar-refractivity contribution < 1.29 is 14.6 Å². The Morgan fingerprint density at radius 1 is 0.392 bits per heavy atom. The molecule has 0 aliphatic rings. The van der Waals surface area contributed by atoms with Crippen LogP contribution in [-0.4, -0.2) is 56.4 Å². The maximum absolute atomic E-state index is 11.6. The number of hydrogen-bond donors (Lipinski definition) is 2. The molecule has 4 aromatic carbocycles. The van der Waals surface area contributed by atoms with Crippen molar-refractivity contribution in [2.45, 2.75) is 105 Å². The van der Waals surface area contributed by atoms with Crippen LogP contribution in [0.25, 0.3) is 64.7 Å². The fourth-order valence-electron chi connectivity index (χ4n) is 7.75. The smallest absolute Gasteiger partial charge is 0.177 e. The lowest BCUT2D eigenvalue weighted by Crippen LogP contribution is -2.28. The molecule has 7 nitrogen and oxygen atoms in total. The highest BCUT2D eigenvalue weighted by Crippen LogP contribution is 2.39. The van der Waals surface area contributed by atoms with Crippen molar-refractivity contribution in [1.82, 2.24) is 19.6 Å². The van der Waals surface area contributed by atoms with E-state index in [1.165, 1.54) is 0 Å². The van der Waals surface area contributed by atoms with Crippen LogP contribution in [0.4, 0.5) is 0 Å². The number of aromatic nitrogens is 4. The highest BCUT2D eigenvalue weighted by Gasteiger charge is 2.22. The largest absolute Gasteiger partial charge is 0.959 e. The molecular formula is C40H46B4N4O3-4. The predicted octanol–water partition coefficient (Wildman–Crippen LogP) is 7.76. The first-order chi connectivity index (χ1) is 23.6. The van der Waals surface area contributed by atoms with Crippen LogP contribution in [0, 0.1) is 0 Å². The molecule has 0 saturated carbocycles. The molecule has 0 fully saturated rings. The van der Waals surface area contributed by atoms with Gasteiger partial charge < -0.3 is 34.2 Å². The Balaban J connectivity index is 1.52. The first kappa shape index (κ1) is 33.9. The average Bonchev–Trinajstić information content (AvgIpc) is 3.01. The van der Waals surface area contributed by atoms with Crippen molar-refractivity contribution >= 4 is 91.5 Å². The van der Waals surface area contributed by atoms with Gasteiger partial charge in [0.1, 0.15) is 13.4 Å². The van der Waals surface area contributed by atoms with E-state index in [9.17, 15) is 10.0 Å². The molecule has 260 valence electrons. The lowest BCUT2D eigenvalue weighted by molar-refractivity contribution is 0.589. The average molecular weight is 674 g/mol. The summed E-state index contributed by atoms with van der Waals surface area (Å²) >= 11 is 0. The molecular weight excluding hydrogens is 628 g/mol. The molecule has 0 unspecified atom stereocenters. The van der Waals surface area contributed by atoms with Gasteiger partial charge in [-0.05, 0) is 68.2 Å². The molecule has 2 N–H and O–H groups in total. The van der Waals surface area contributed by atoms with Gasteiger partial charge in [-0.3, -0.25) is 0 Å². The summed E-state index contributed by atoms with van der Waals surface area (Å²) in [5.41, 5.74) is 6.78.